The Morgan fingerprint density at radius 1 is 0.818 bits per heavy atom. The van der Waals surface area contributed by atoms with Crippen LogP contribution in [0.3, 0.4) is 0 Å². The van der Waals surface area contributed by atoms with Crippen LogP contribution in [0.15, 0.2) is 89.8 Å². The second-order valence-corrected chi connectivity index (χ2v) is 15.4. The molecule has 0 bridgehead atoms. The average molecular weight is 483 g/mol. The molecular weight excluding hydrogens is 448 g/mol. The van der Waals surface area contributed by atoms with Crippen LogP contribution in [0.25, 0.3) is 0 Å². The first-order chi connectivity index (χ1) is 15.6. The Balaban J connectivity index is 1.81. The van der Waals surface area contributed by atoms with E-state index in [4.69, 9.17) is 8.61 Å². The summed E-state index contributed by atoms with van der Waals surface area (Å²) in [6.45, 7) is 10.8. The lowest BCUT2D eigenvalue weighted by molar-refractivity contribution is 0.178. The lowest BCUT2D eigenvalue weighted by Crippen LogP contribution is -2.66. The monoisotopic (exact) mass is 482 g/mol. The van der Waals surface area contributed by atoms with Crippen molar-refractivity contribution in [3.8, 4) is 0 Å². The van der Waals surface area contributed by atoms with Gasteiger partial charge in [0.05, 0.1) is 11.0 Å². The molecule has 0 spiro atoms. The lowest BCUT2D eigenvalue weighted by atomic mass is 10.2. The van der Waals surface area contributed by atoms with Crippen molar-refractivity contribution in [1.82, 2.24) is 0 Å². The Labute approximate surface area is 199 Å². The van der Waals surface area contributed by atoms with Crippen molar-refractivity contribution >= 4 is 28.8 Å². The van der Waals surface area contributed by atoms with E-state index in [0.29, 0.717) is 13.0 Å². The smallest absolute Gasteiger partial charge is 0.297 e. The molecule has 3 rings (SSSR count). The summed E-state index contributed by atoms with van der Waals surface area (Å²) in [6.07, 6.45) is -0.0372. The summed E-state index contributed by atoms with van der Waals surface area (Å²) in [5.41, 5.74) is 1.00. The topological polar surface area (TPSA) is 52.6 Å². The van der Waals surface area contributed by atoms with E-state index in [2.05, 4.69) is 69.3 Å². The molecule has 3 aromatic rings. The van der Waals surface area contributed by atoms with Crippen molar-refractivity contribution < 1.29 is 17.0 Å². The molecule has 0 N–H and O–H groups in total. The predicted molar refractivity (Wildman–Crippen MR) is 137 cm³/mol. The Hall–Kier alpha value is -2.25. The largest absolute Gasteiger partial charge is 0.407 e. The summed E-state index contributed by atoms with van der Waals surface area (Å²) < 4.78 is 37.6. The van der Waals surface area contributed by atoms with Gasteiger partial charge in [0.25, 0.3) is 18.4 Å². The van der Waals surface area contributed by atoms with Crippen LogP contribution in [0.2, 0.25) is 5.04 Å². The van der Waals surface area contributed by atoms with E-state index < -0.39 is 24.5 Å². The molecule has 0 heterocycles. The Morgan fingerprint density at radius 2 is 1.30 bits per heavy atom. The van der Waals surface area contributed by atoms with Gasteiger partial charge in [0.1, 0.15) is 0 Å². The highest BCUT2D eigenvalue weighted by Crippen LogP contribution is 2.36. The summed E-state index contributed by atoms with van der Waals surface area (Å²) >= 11 is 0. The van der Waals surface area contributed by atoms with Crippen LogP contribution in [0.4, 0.5) is 0 Å². The number of benzene rings is 3. The van der Waals surface area contributed by atoms with Crippen LogP contribution in [0, 0.1) is 6.92 Å². The van der Waals surface area contributed by atoms with Crippen LogP contribution in [-0.2, 0) is 18.7 Å². The van der Waals surface area contributed by atoms with Gasteiger partial charge in [-0.15, -0.1) is 0 Å². The first kappa shape index (κ1) is 25.4. The highest BCUT2D eigenvalue weighted by Gasteiger charge is 2.50. The van der Waals surface area contributed by atoms with Gasteiger partial charge in [-0.3, -0.25) is 4.18 Å². The zero-order valence-corrected chi connectivity index (χ0v) is 21.9. The van der Waals surface area contributed by atoms with E-state index in [0.717, 1.165) is 5.56 Å². The molecule has 33 heavy (non-hydrogen) atoms. The van der Waals surface area contributed by atoms with Gasteiger partial charge in [-0.25, -0.2) is 0 Å². The van der Waals surface area contributed by atoms with Crippen molar-refractivity contribution in [2.75, 3.05) is 6.61 Å². The molecule has 0 aliphatic carbocycles. The third kappa shape index (κ3) is 5.82. The summed E-state index contributed by atoms with van der Waals surface area (Å²) in [5, 5.41) is 2.27. The average Bonchev–Trinajstić information content (AvgIpc) is 2.77. The molecule has 3 aromatic carbocycles. The van der Waals surface area contributed by atoms with Gasteiger partial charge in [-0.05, 0) is 47.8 Å². The minimum Gasteiger partial charge on any atom is -0.407 e. The molecule has 0 aromatic heterocycles. The number of aryl methyl sites for hydroxylation is 1. The number of hydrogen-bond donors (Lipinski definition) is 0. The molecule has 0 amide bonds. The summed E-state index contributed by atoms with van der Waals surface area (Å²) in [4.78, 5) is 0.174. The van der Waals surface area contributed by atoms with Gasteiger partial charge in [-0.1, -0.05) is 99.1 Å². The maximum atomic E-state index is 12.7. The SMILES string of the molecule is Cc1ccc(S(=O)(=O)OC(C)CCO[Si](c2ccccc2)(c2ccccc2)C(C)(C)C)cc1. The van der Waals surface area contributed by atoms with Crippen molar-refractivity contribution in [2.45, 2.75) is 57.1 Å². The van der Waals surface area contributed by atoms with E-state index in [1.165, 1.54) is 10.4 Å². The maximum absolute atomic E-state index is 12.7. The van der Waals surface area contributed by atoms with Crippen LogP contribution >= 0.6 is 0 Å². The van der Waals surface area contributed by atoms with Crippen LogP contribution in [-0.4, -0.2) is 29.4 Å². The molecule has 1 unspecified atom stereocenters. The van der Waals surface area contributed by atoms with Crippen molar-refractivity contribution in [2.24, 2.45) is 0 Å². The minimum absolute atomic E-state index is 0.131. The molecule has 0 radical (unpaired) electrons. The first-order valence-electron chi connectivity index (χ1n) is 11.3. The summed E-state index contributed by atoms with van der Waals surface area (Å²) in [5.74, 6) is 0. The highest BCUT2D eigenvalue weighted by atomic mass is 32.2. The van der Waals surface area contributed by atoms with Crippen LogP contribution < -0.4 is 10.4 Å². The summed E-state index contributed by atoms with van der Waals surface area (Å²) in [6, 6.07) is 27.5. The molecule has 1 atom stereocenters. The Bertz CT molecular complexity index is 1080. The van der Waals surface area contributed by atoms with Gasteiger partial charge < -0.3 is 4.43 Å². The lowest BCUT2D eigenvalue weighted by Gasteiger charge is -2.43. The number of hydrogen-bond acceptors (Lipinski definition) is 4. The van der Waals surface area contributed by atoms with Crippen molar-refractivity contribution in [1.29, 1.82) is 0 Å². The molecular formula is C27H34O4SSi. The second kappa shape index (κ2) is 10.3. The quantitative estimate of drug-likeness (QED) is 0.316. The Kier molecular flexibility index (Phi) is 7.95. The molecule has 6 heteroatoms. The van der Waals surface area contributed by atoms with Gasteiger partial charge >= 0.3 is 0 Å². The zero-order chi connectivity index (χ0) is 24.1. The maximum Gasteiger partial charge on any atom is 0.297 e. The zero-order valence-electron chi connectivity index (χ0n) is 20.1. The third-order valence-corrected chi connectivity index (χ3v) is 12.3. The van der Waals surface area contributed by atoms with Crippen LogP contribution in [0.1, 0.15) is 39.7 Å². The van der Waals surface area contributed by atoms with E-state index in [1.54, 1.807) is 31.2 Å². The summed E-state index contributed by atoms with van der Waals surface area (Å²) in [7, 11) is -6.47. The van der Waals surface area contributed by atoms with Crippen molar-refractivity contribution in [3.05, 3.63) is 90.5 Å². The third-order valence-electron chi connectivity index (χ3n) is 5.86. The van der Waals surface area contributed by atoms with Gasteiger partial charge in [-0.2, -0.15) is 8.42 Å². The molecule has 0 saturated heterocycles. The predicted octanol–water partition coefficient (Wildman–Crippen LogP) is 5.06. The fraction of sp³-hybridized carbons (Fsp3) is 0.333. The number of rotatable bonds is 9. The molecule has 0 aliphatic rings. The molecule has 0 saturated carbocycles. The Morgan fingerprint density at radius 3 is 1.76 bits per heavy atom. The minimum atomic E-state index is -3.82. The van der Waals surface area contributed by atoms with E-state index in [1.807, 2.05) is 19.1 Å². The van der Waals surface area contributed by atoms with Crippen molar-refractivity contribution in [3.63, 3.8) is 0 Å². The van der Waals surface area contributed by atoms with E-state index in [-0.39, 0.29) is 9.93 Å². The highest BCUT2D eigenvalue weighted by molar-refractivity contribution is 7.86. The van der Waals surface area contributed by atoms with Crippen LogP contribution in [0.5, 0.6) is 0 Å². The fourth-order valence-electron chi connectivity index (χ4n) is 4.16. The van der Waals surface area contributed by atoms with E-state index in [9.17, 15) is 8.42 Å². The van der Waals surface area contributed by atoms with Gasteiger partial charge in [0.2, 0.25) is 0 Å². The van der Waals surface area contributed by atoms with Gasteiger partial charge in [0, 0.05) is 6.61 Å². The standard InChI is InChI=1S/C27H34O4SSi/c1-22-16-18-24(19-17-22)32(28,29)31-23(2)20-21-30-33(27(3,4)5,25-12-8-6-9-13-25)26-14-10-7-11-15-26/h6-19,23H,20-21H2,1-5H3. The first-order valence-corrected chi connectivity index (χ1v) is 14.6. The molecule has 0 aliphatic heterocycles. The fourth-order valence-corrected chi connectivity index (χ4v) is 9.85. The molecule has 0 fully saturated rings. The molecule has 176 valence electrons. The second-order valence-electron chi connectivity index (χ2n) is 9.47. The van der Waals surface area contributed by atoms with Gasteiger partial charge in [0.15, 0.2) is 0 Å². The molecule has 4 nitrogen and oxygen atoms in total. The normalized spacial score (nSPS) is 13.6. The van der Waals surface area contributed by atoms with E-state index >= 15 is 0 Å².